The van der Waals surface area contributed by atoms with Gasteiger partial charge < -0.3 is 9.90 Å². The Morgan fingerprint density at radius 2 is 1.47 bits per heavy atom. The molecule has 0 aromatic carbocycles. The van der Waals surface area contributed by atoms with Gasteiger partial charge in [-0.3, -0.25) is 0 Å². The van der Waals surface area contributed by atoms with Crippen molar-refractivity contribution in [2.24, 2.45) is 5.92 Å². The molecule has 0 rings (SSSR count). The summed E-state index contributed by atoms with van der Waals surface area (Å²) in [6, 6.07) is 0. The van der Waals surface area contributed by atoms with E-state index in [1.165, 1.54) is 0 Å². The molecule has 0 aliphatic rings. The van der Waals surface area contributed by atoms with E-state index in [0.717, 1.165) is 6.92 Å². The minimum absolute atomic E-state index is 0.223. The van der Waals surface area contributed by atoms with Crippen LogP contribution in [0, 0.1) is 5.92 Å². The summed E-state index contributed by atoms with van der Waals surface area (Å²) < 4.78 is 71.8. The second-order valence-corrected chi connectivity index (χ2v) is 2.55. The molecular formula is C7H5F6O2-. The number of aliphatic carboxylic acids is 1. The second-order valence-electron chi connectivity index (χ2n) is 2.55. The minimum Gasteiger partial charge on any atom is -0.545 e. The first-order valence-corrected chi connectivity index (χ1v) is 3.52. The van der Waals surface area contributed by atoms with Gasteiger partial charge in [0.1, 0.15) is 0 Å². The molecule has 0 bridgehead atoms. The lowest BCUT2D eigenvalue weighted by Gasteiger charge is -2.25. The van der Waals surface area contributed by atoms with Crippen molar-refractivity contribution in [2.45, 2.75) is 19.3 Å². The average Bonchev–Trinajstić information content (AvgIpc) is 1.93. The zero-order chi connectivity index (χ0) is 12.4. The van der Waals surface area contributed by atoms with E-state index >= 15 is 0 Å². The van der Waals surface area contributed by atoms with Crippen LogP contribution in [0.25, 0.3) is 0 Å². The van der Waals surface area contributed by atoms with Crippen LogP contribution in [0.3, 0.4) is 0 Å². The predicted octanol–water partition coefficient (Wildman–Crippen LogP) is 1.42. The maximum Gasteiger partial charge on any atom is 0.404 e. The Bertz CT molecular complexity index is 260. The van der Waals surface area contributed by atoms with Crippen molar-refractivity contribution in [3.05, 3.63) is 11.6 Å². The largest absolute Gasteiger partial charge is 0.545 e. The van der Waals surface area contributed by atoms with Crippen LogP contribution in [0.15, 0.2) is 11.6 Å². The number of rotatable bonds is 2. The third kappa shape index (κ3) is 3.45. The van der Waals surface area contributed by atoms with Crippen molar-refractivity contribution in [2.75, 3.05) is 0 Å². The number of allylic oxidation sites excluding steroid dienone is 1. The van der Waals surface area contributed by atoms with Crippen molar-refractivity contribution >= 4 is 5.97 Å². The van der Waals surface area contributed by atoms with Crippen molar-refractivity contribution < 1.29 is 36.2 Å². The van der Waals surface area contributed by atoms with Gasteiger partial charge in [-0.1, -0.05) is 6.08 Å². The number of halogens is 6. The lowest BCUT2D eigenvalue weighted by atomic mass is 9.97. The molecule has 0 aliphatic carbocycles. The molecule has 8 heteroatoms. The van der Waals surface area contributed by atoms with Gasteiger partial charge in [0.05, 0.1) is 5.97 Å². The summed E-state index contributed by atoms with van der Waals surface area (Å²) in [5, 5.41) is 10.1. The van der Waals surface area contributed by atoms with Crippen LogP contribution in [-0.2, 0) is 4.79 Å². The Morgan fingerprint density at radius 3 is 1.53 bits per heavy atom. The molecule has 0 atom stereocenters. The lowest BCUT2D eigenvalue weighted by molar-refractivity contribution is -0.311. The highest BCUT2D eigenvalue weighted by Crippen LogP contribution is 2.43. The molecule has 0 aromatic heterocycles. The number of carboxylic acids is 1. The molecule has 0 unspecified atom stereocenters. The number of hydrogen-bond acceptors (Lipinski definition) is 2. The number of alkyl halides is 6. The molecule has 0 saturated heterocycles. The fraction of sp³-hybridized carbons (Fsp3) is 0.571. The van der Waals surface area contributed by atoms with E-state index in [1.807, 2.05) is 0 Å². The molecule has 0 fully saturated rings. The Balaban J connectivity index is 5.41. The normalized spacial score (nSPS) is 14.5. The topological polar surface area (TPSA) is 40.1 Å². The van der Waals surface area contributed by atoms with E-state index in [1.54, 1.807) is 0 Å². The molecule has 15 heavy (non-hydrogen) atoms. The maximum absolute atomic E-state index is 12.0. The minimum atomic E-state index is -5.71. The lowest BCUT2D eigenvalue weighted by Crippen LogP contribution is -2.43. The molecule has 0 radical (unpaired) electrons. The Morgan fingerprint density at radius 1 is 1.13 bits per heavy atom. The summed E-state index contributed by atoms with van der Waals surface area (Å²) in [6.45, 7) is 0.760. The van der Waals surface area contributed by atoms with Crippen LogP contribution in [0.4, 0.5) is 26.3 Å². The highest BCUT2D eigenvalue weighted by molar-refractivity contribution is 5.85. The van der Waals surface area contributed by atoms with Crippen molar-refractivity contribution in [1.82, 2.24) is 0 Å². The third-order valence-electron chi connectivity index (χ3n) is 1.51. The summed E-state index contributed by atoms with van der Waals surface area (Å²) in [5.41, 5.74) is -1.84. The van der Waals surface area contributed by atoms with Crippen LogP contribution in [0.1, 0.15) is 6.92 Å². The molecular weight excluding hydrogens is 230 g/mol. The molecule has 0 amide bonds. The van der Waals surface area contributed by atoms with E-state index in [0.29, 0.717) is 0 Å². The van der Waals surface area contributed by atoms with Crippen LogP contribution in [0.5, 0.6) is 0 Å². The summed E-state index contributed by atoms with van der Waals surface area (Å²) in [6.07, 6.45) is -11.2. The van der Waals surface area contributed by atoms with E-state index in [2.05, 4.69) is 0 Å². The highest BCUT2D eigenvalue weighted by Gasteiger charge is 2.58. The molecule has 88 valence electrons. The number of hydrogen-bond donors (Lipinski definition) is 0. The molecule has 0 aliphatic heterocycles. The Kier molecular flexibility index (Phi) is 3.78. The smallest absolute Gasteiger partial charge is 0.404 e. The Labute approximate surface area is 80.2 Å². The number of carboxylic acid groups (broad SMARTS) is 1. The second kappa shape index (κ2) is 4.11. The summed E-state index contributed by atoms with van der Waals surface area (Å²) in [7, 11) is 0. The van der Waals surface area contributed by atoms with Gasteiger partial charge in [0.25, 0.3) is 0 Å². The number of carbonyl (C=O) groups is 1. The summed E-state index contributed by atoms with van der Waals surface area (Å²) >= 11 is 0. The van der Waals surface area contributed by atoms with Crippen molar-refractivity contribution in [3.63, 3.8) is 0 Å². The van der Waals surface area contributed by atoms with Gasteiger partial charge in [-0.15, -0.1) is 0 Å². The quantitative estimate of drug-likeness (QED) is 0.536. The van der Waals surface area contributed by atoms with Crippen LogP contribution in [0.2, 0.25) is 0 Å². The molecule has 0 heterocycles. The van der Waals surface area contributed by atoms with Gasteiger partial charge in [-0.25, -0.2) is 0 Å². The zero-order valence-corrected chi connectivity index (χ0v) is 7.24. The van der Waals surface area contributed by atoms with Gasteiger partial charge in [-0.2, -0.15) is 26.3 Å². The van der Waals surface area contributed by atoms with Gasteiger partial charge in [0.2, 0.25) is 0 Å². The van der Waals surface area contributed by atoms with E-state index in [-0.39, 0.29) is 6.08 Å². The van der Waals surface area contributed by atoms with Gasteiger partial charge >= 0.3 is 12.4 Å². The fourth-order valence-electron chi connectivity index (χ4n) is 0.941. The number of carbonyl (C=O) groups excluding carboxylic acids is 1. The van der Waals surface area contributed by atoms with Gasteiger partial charge in [0.15, 0.2) is 5.92 Å². The molecule has 0 saturated carbocycles. The zero-order valence-electron chi connectivity index (χ0n) is 7.24. The third-order valence-corrected chi connectivity index (χ3v) is 1.51. The van der Waals surface area contributed by atoms with E-state index < -0.39 is 29.8 Å². The molecule has 0 N–H and O–H groups in total. The average molecular weight is 235 g/mol. The predicted molar refractivity (Wildman–Crippen MR) is 34.4 cm³/mol. The van der Waals surface area contributed by atoms with Crippen LogP contribution < -0.4 is 5.11 Å². The van der Waals surface area contributed by atoms with E-state index in [4.69, 9.17) is 0 Å². The standard InChI is InChI=1S/C7H6F6O2/c1-2-3(5(14)15)4(6(8,9)10)7(11,12)13/h2,4H,1H3,(H,14,15)/p-1/b3-2+. The van der Waals surface area contributed by atoms with Crippen molar-refractivity contribution in [3.8, 4) is 0 Å². The first kappa shape index (κ1) is 13.8. The SMILES string of the molecule is C/C=C(/C(=O)[O-])C(C(F)(F)F)C(F)(F)F. The summed E-state index contributed by atoms with van der Waals surface area (Å²) in [5.74, 6) is -6.50. The molecule has 0 spiro atoms. The fourth-order valence-corrected chi connectivity index (χ4v) is 0.941. The van der Waals surface area contributed by atoms with Crippen LogP contribution >= 0.6 is 0 Å². The first-order valence-electron chi connectivity index (χ1n) is 3.52. The van der Waals surface area contributed by atoms with Gasteiger partial charge in [0, 0.05) is 0 Å². The maximum atomic E-state index is 12.0. The van der Waals surface area contributed by atoms with Crippen LogP contribution in [-0.4, -0.2) is 18.3 Å². The highest BCUT2D eigenvalue weighted by atomic mass is 19.4. The molecule has 2 nitrogen and oxygen atoms in total. The first-order chi connectivity index (χ1) is 6.51. The Hall–Kier alpha value is -1.21. The molecule has 0 aromatic rings. The summed E-state index contributed by atoms with van der Waals surface area (Å²) in [4.78, 5) is 10.1. The monoisotopic (exact) mass is 235 g/mol. The van der Waals surface area contributed by atoms with E-state index in [9.17, 15) is 36.2 Å². The van der Waals surface area contributed by atoms with Gasteiger partial charge in [-0.05, 0) is 12.5 Å². The van der Waals surface area contributed by atoms with Crippen molar-refractivity contribution in [1.29, 1.82) is 0 Å².